The average molecular weight is 345 g/mol. The minimum Gasteiger partial charge on any atom is -0.480 e. The predicted octanol–water partition coefficient (Wildman–Crippen LogP) is 3.18. The molecule has 4 nitrogen and oxygen atoms in total. The molecule has 0 aliphatic carbocycles. The molecule has 0 radical (unpaired) electrons. The maximum atomic E-state index is 13.5. The Hall–Kier alpha value is -3.02. The predicted molar refractivity (Wildman–Crippen MR) is 89.7 cm³/mol. The second kappa shape index (κ2) is 8.73. The highest BCUT2D eigenvalue weighted by atomic mass is 19.1. The summed E-state index contributed by atoms with van der Waals surface area (Å²) >= 11 is 0. The molecule has 0 heterocycles. The number of aliphatic carboxylic acids is 1. The van der Waals surface area contributed by atoms with Crippen molar-refractivity contribution in [2.24, 2.45) is 0 Å². The molecule has 130 valence electrons. The molecule has 2 N–H and O–H groups in total. The number of hydrogen-bond donors (Lipinski definition) is 2. The van der Waals surface area contributed by atoms with Crippen molar-refractivity contribution in [3.05, 3.63) is 77.4 Å². The van der Waals surface area contributed by atoms with E-state index in [0.717, 1.165) is 17.7 Å². The van der Waals surface area contributed by atoms with Crippen molar-refractivity contribution in [3.63, 3.8) is 0 Å². The third-order valence-corrected chi connectivity index (χ3v) is 3.51. The Morgan fingerprint density at radius 3 is 2.28 bits per heavy atom. The van der Waals surface area contributed by atoms with Crippen LogP contribution in [0.15, 0.2) is 54.6 Å². The minimum absolute atomic E-state index is 0.0513. The molecule has 0 saturated carbocycles. The van der Waals surface area contributed by atoms with E-state index in [2.05, 4.69) is 5.32 Å². The number of carboxylic acid groups (broad SMARTS) is 1. The van der Waals surface area contributed by atoms with Gasteiger partial charge in [-0.05, 0) is 24.1 Å². The van der Waals surface area contributed by atoms with E-state index < -0.39 is 36.0 Å². The van der Waals surface area contributed by atoms with Crippen LogP contribution in [0.1, 0.15) is 17.5 Å². The molecular formula is C19H17F2NO3. The van der Waals surface area contributed by atoms with Gasteiger partial charge >= 0.3 is 5.97 Å². The van der Waals surface area contributed by atoms with E-state index in [1.54, 1.807) is 12.2 Å². The minimum atomic E-state index is -1.22. The van der Waals surface area contributed by atoms with Gasteiger partial charge in [-0.25, -0.2) is 13.6 Å². The molecule has 0 bridgehead atoms. The fraction of sp³-hybridized carbons (Fsp3) is 0.158. The van der Waals surface area contributed by atoms with Crippen LogP contribution in [0.5, 0.6) is 0 Å². The SMILES string of the molecule is O=C(Cc1c(F)cccc1F)N[C@H](C/C=C/c1ccccc1)C(=O)O. The molecule has 0 aromatic heterocycles. The molecule has 25 heavy (non-hydrogen) atoms. The van der Waals surface area contributed by atoms with Crippen LogP contribution < -0.4 is 5.32 Å². The van der Waals surface area contributed by atoms with Crippen LogP contribution >= 0.6 is 0 Å². The first-order valence-corrected chi connectivity index (χ1v) is 7.64. The lowest BCUT2D eigenvalue weighted by atomic mass is 10.1. The number of carbonyl (C=O) groups is 2. The molecule has 0 aliphatic rings. The number of benzene rings is 2. The van der Waals surface area contributed by atoms with Gasteiger partial charge in [0.1, 0.15) is 17.7 Å². The molecule has 2 aromatic carbocycles. The Morgan fingerprint density at radius 1 is 1.04 bits per heavy atom. The summed E-state index contributed by atoms with van der Waals surface area (Å²) in [6.07, 6.45) is 2.84. The van der Waals surface area contributed by atoms with Crippen LogP contribution in [-0.4, -0.2) is 23.0 Å². The van der Waals surface area contributed by atoms with Crippen LogP contribution in [-0.2, 0) is 16.0 Å². The second-order valence-electron chi connectivity index (χ2n) is 5.38. The van der Waals surface area contributed by atoms with E-state index >= 15 is 0 Å². The average Bonchev–Trinajstić information content (AvgIpc) is 2.58. The van der Waals surface area contributed by atoms with Gasteiger partial charge in [-0.15, -0.1) is 0 Å². The number of carbonyl (C=O) groups excluding carboxylic acids is 1. The van der Waals surface area contributed by atoms with Gasteiger partial charge in [0.05, 0.1) is 6.42 Å². The highest BCUT2D eigenvalue weighted by molar-refractivity contribution is 5.85. The summed E-state index contributed by atoms with van der Waals surface area (Å²) in [6, 6.07) is 11.4. The molecule has 0 aliphatic heterocycles. The molecule has 0 saturated heterocycles. The Morgan fingerprint density at radius 2 is 1.68 bits per heavy atom. The summed E-state index contributed by atoms with van der Waals surface area (Å²) in [6.45, 7) is 0. The number of nitrogens with one attached hydrogen (secondary N) is 1. The van der Waals surface area contributed by atoms with Gasteiger partial charge in [-0.2, -0.15) is 0 Å². The molecule has 1 atom stereocenters. The number of rotatable bonds is 7. The Balaban J connectivity index is 1.98. The lowest BCUT2D eigenvalue weighted by Crippen LogP contribution is -2.41. The van der Waals surface area contributed by atoms with Crippen molar-refractivity contribution >= 4 is 18.0 Å². The number of amides is 1. The number of halogens is 2. The second-order valence-corrected chi connectivity index (χ2v) is 5.38. The maximum Gasteiger partial charge on any atom is 0.326 e. The molecular weight excluding hydrogens is 328 g/mol. The van der Waals surface area contributed by atoms with Crippen LogP contribution in [0, 0.1) is 11.6 Å². The van der Waals surface area contributed by atoms with Crippen LogP contribution in [0.3, 0.4) is 0 Å². The largest absolute Gasteiger partial charge is 0.480 e. The van der Waals surface area contributed by atoms with Gasteiger partial charge in [-0.1, -0.05) is 48.6 Å². The first-order chi connectivity index (χ1) is 12.0. The van der Waals surface area contributed by atoms with Crippen molar-refractivity contribution in [1.29, 1.82) is 0 Å². The zero-order valence-corrected chi connectivity index (χ0v) is 13.3. The molecule has 1 amide bonds. The Kier molecular flexibility index (Phi) is 6.39. The molecule has 0 fully saturated rings. The zero-order valence-electron chi connectivity index (χ0n) is 13.3. The Labute approximate surface area is 143 Å². The fourth-order valence-corrected chi connectivity index (χ4v) is 2.23. The summed E-state index contributed by atoms with van der Waals surface area (Å²) in [5.41, 5.74) is 0.510. The molecule has 6 heteroatoms. The van der Waals surface area contributed by atoms with E-state index in [9.17, 15) is 23.5 Å². The van der Waals surface area contributed by atoms with Crippen molar-refractivity contribution in [2.45, 2.75) is 18.9 Å². The van der Waals surface area contributed by atoms with Gasteiger partial charge in [0, 0.05) is 5.56 Å². The molecule has 2 rings (SSSR count). The van der Waals surface area contributed by atoms with Gasteiger partial charge < -0.3 is 10.4 Å². The third-order valence-electron chi connectivity index (χ3n) is 3.51. The van der Waals surface area contributed by atoms with E-state index in [1.165, 1.54) is 6.07 Å². The summed E-state index contributed by atoms with van der Waals surface area (Å²) < 4.78 is 27.1. The summed E-state index contributed by atoms with van der Waals surface area (Å²) in [4.78, 5) is 23.2. The number of carboxylic acids is 1. The van der Waals surface area contributed by atoms with E-state index in [1.807, 2.05) is 30.3 Å². The topological polar surface area (TPSA) is 66.4 Å². The monoisotopic (exact) mass is 345 g/mol. The Bertz CT molecular complexity index is 755. The normalized spacial score (nSPS) is 12.1. The van der Waals surface area contributed by atoms with E-state index in [-0.39, 0.29) is 12.0 Å². The number of hydrogen-bond acceptors (Lipinski definition) is 2. The summed E-state index contributed by atoms with van der Waals surface area (Å²) in [7, 11) is 0. The van der Waals surface area contributed by atoms with Crippen molar-refractivity contribution in [1.82, 2.24) is 5.32 Å². The van der Waals surface area contributed by atoms with Gasteiger partial charge in [0.15, 0.2) is 0 Å². The highest BCUT2D eigenvalue weighted by Gasteiger charge is 2.20. The smallest absolute Gasteiger partial charge is 0.326 e. The first-order valence-electron chi connectivity index (χ1n) is 7.64. The maximum absolute atomic E-state index is 13.5. The summed E-state index contributed by atoms with van der Waals surface area (Å²) in [5, 5.41) is 11.5. The quantitative estimate of drug-likeness (QED) is 0.810. The lowest BCUT2D eigenvalue weighted by molar-refractivity contribution is -0.141. The highest BCUT2D eigenvalue weighted by Crippen LogP contribution is 2.13. The van der Waals surface area contributed by atoms with E-state index in [0.29, 0.717) is 0 Å². The molecule has 2 aromatic rings. The van der Waals surface area contributed by atoms with Crippen LogP contribution in [0.25, 0.3) is 6.08 Å². The van der Waals surface area contributed by atoms with E-state index in [4.69, 9.17) is 0 Å². The van der Waals surface area contributed by atoms with Gasteiger partial charge in [0.25, 0.3) is 0 Å². The van der Waals surface area contributed by atoms with Crippen LogP contribution in [0.4, 0.5) is 8.78 Å². The molecule has 0 unspecified atom stereocenters. The van der Waals surface area contributed by atoms with Gasteiger partial charge in [-0.3, -0.25) is 4.79 Å². The standard InChI is InChI=1S/C19H17F2NO3/c20-15-9-5-10-16(21)14(15)12-18(23)22-17(19(24)25)11-4-8-13-6-2-1-3-7-13/h1-10,17H,11-12H2,(H,22,23)(H,24,25)/b8-4+/t17-/m1/s1. The lowest BCUT2D eigenvalue weighted by Gasteiger charge is -2.13. The molecule has 0 spiro atoms. The van der Waals surface area contributed by atoms with Crippen molar-refractivity contribution in [3.8, 4) is 0 Å². The zero-order chi connectivity index (χ0) is 18.2. The third kappa shape index (κ3) is 5.53. The van der Waals surface area contributed by atoms with Crippen molar-refractivity contribution in [2.75, 3.05) is 0 Å². The van der Waals surface area contributed by atoms with Crippen molar-refractivity contribution < 1.29 is 23.5 Å². The fourth-order valence-electron chi connectivity index (χ4n) is 2.23. The summed E-state index contributed by atoms with van der Waals surface area (Å²) in [5.74, 6) is -3.67. The van der Waals surface area contributed by atoms with Gasteiger partial charge in [0.2, 0.25) is 5.91 Å². The van der Waals surface area contributed by atoms with Crippen LogP contribution in [0.2, 0.25) is 0 Å². The first kappa shape index (κ1) is 18.3.